The minimum absolute atomic E-state index is 0.169. The summed E-state index contributed by atoms with van der Waals surface area (Å²) < 4.78 is 5.29. The van der Waals surface area contributed by atoms with Gasteiger partial charge in [0.25, 0.3) is 0 Å². The van der Waals surface area contributed by atoms with Gasteiger partial charge in [0.05, 0.1) is 6.61 Å². The number of ether oxygens (including phenoxy) is 1. The van der Waals surface area contributed by atoms with Gasteiger partial charge in [-0.15, -0.1) is 0 Å². The van der Waals surface area contributed by atoms with Gasteiger partial charge in [-0.3, -0.25) is 4.90 Å². The topological polar surface area (TPSA) is 24.5 Å². The highest BCUT2D eigenvalue weighted by Crippen LogP contribution is 2.18. The van der Waals surface area contributed by atoms with Gasteiger partial charge in [-0.1, -0.05) is 13.3 Å². The first-order valence-electron chi connectivity index (χ1n) is 6.07. The quantitative estimate of drug-likeness (QED) is 0.750. The van der Waals surface area contributed by atoms with Crippen LogP contribution in [0.5, 0.6) is 0 Å². The first-order chi connectivity index (χ1) is 7.10. The fourth-order valence-corrected chi connectivity index (χ4v) is 2.36. The maximum Gasteiger partial charge on any atom is 0.0641 e. The van der Waals surface area contributed by atoms with E-state index in [1.807, 2.05) is 0 Å². The summed E-state index contributed by atoms with van der Waals surface area (Å²) in [5.41, 5.74) is 0.169. The molecule has 3 nitrogen and oxygen atoms in total. The van der Waals surface area contributed by atoms with Crippen molar-refractivity contribution in [2.45, 2.75) is 45.2 Å². The molecule has 0 aromatic heterocycles. The lowest BCUT2D eigenvalue weighted by Crippen LogP contribution is -2.59. The van der Waals surface area contributed by atoms with Crippen molar-refractivity contribution in [3.8, 4) is 0 Å². The molecule has 1 saturated heterocycles. The number of methoxy groups -OCH3 is 1. The third-order valence-electron chi connectivity index (χ3n) is 3.25. The van der Waals surface area contributed by atoms with Crippen LogP contribution in [-0.2, 0) is 4.74 Å². The van der Waals surface area contributed by atoms with Crippen LogP contribution < -0.4 is 5.32 Å². The normalized spacial score (nSPS) is 24.4. The van der Waals surface area contributed by atoms with E-state index in [1.165, 1.54) is 12.8 Å². The maximum atomic E-state index is 5.29. The zero-order valence-electron chi connectivity index (χ0n) is 10.7. The van der Waals surface area contributed by atoms with Gasteiger partial charge in [0, 0.05) is 38.3 Å². The van der Waals surface area contributed by atoms with Gasteiger partial charge >= 0.3 is 0 Å². The van der Waals surface area contributed by atoms with Gasteiger partial charge in [0.15, 0.2) is 0 Å². The molecule has 1 aliphatic heterocycles. The summed E-state index contributed by atoms with van der Waals surface area (Å²) in [6, 6.07) is 0.667. The predicted molar refractivity (Wildman–Crippen MR) is 64.2 cm³/mol. The van der Waals surface area contributed by atoms with E-state index in [2.05, 4.69) is 31.0 Å². The largest absolute Gasteiger partial charge is 0.383 e. The van der Waals surface area contributed by atoms with Crippen LogP contribution in [0.25, 0.3) is 0 Å². The molecule has 90 valence electrons. The van der Waals surface area contributed by atoms with Gasteiger partial charge in [-0.05, 0) is 20.3 Å². The summed E-state index contributed by atoms with van der Waals surface area (Å²) in [4.78, 5) is 2.55. The van der Waals surface area contributed by atoms with E-state index in [0.717, 1.165) is 26.2 Å². The van der Waals surface area contributed by atoms with Crippen molar-refractivity contribution < 1.29 is 4.74 Å². The minimum atomic E-state index is 0.169. The Kier molecular flexibility index (Phi) is 5.03. The van der Waals surface area contributed by atoms with E-state index < -0.39 is 0 Å². The van der Waals surface area contributed by atoms with Crippen molar-refractivity contribution in [2.24, 2.45) is 0 Å². The van der Waals surface area contributed by atoms with Crippen LogP contribution in [0.4, 0.5) is 0 Å². The summed E-state index contributed by atoms with van der Waals surface area (Å²) in [6.45, 7) is 11.0. The van der Waals surface area contributed by atoms with Gasteiger partial charge < -0.3 is 10.1 Å². The third-order valence-corrected chi connectivity index (χ3v) is 3.25. The molecule has 0 aliphatic carbocycles. The predicted octanol–water partition coefficient (Wildman–Crippen LogP) is 1.49. The zero-order chi connectivity index (χ0) is 11.3. The number of piperazine rings is 1. The monoisotopic (exact) mass is 214 g/mol. The van der Waals surface area contributed by atoms with Crippen molar-refractivity contribution in [2.75, 3.05) is 33.4 Å². The average Bonchev–Trinajstić information content (AvgIpc) is 2.19. The Labute approximate surface area is 94.2 Å². The van der Waals surface area contributed by atoms with Gasteiger partial charge in [0.1, 0.15) is 0 Å². The van der Waals surface area contributed by atoms with E-state index in [1.54, 1.807) is 7.11 Å². The fraction of sp³-hybridized carbons (Fsp3) is 1.00. The molecule has 0 amide bonds. The lowest BCUT2D eigenvalue weighted by Gasteiger charge is -2.43. The van der Waals surface area contributed by atoms with Crippen LogP contribution in [-0.4, -0.2) is 49.8 Å². The van der Waals surface area contributed by atoms with Crippen LogP contribution in [0.3, 0.4) is 0 Å². The molecule has 15 heavy (non-hydrogen) atoms. The highest BCUT2D eigenvalue weighted by Gasteiger charge is 2.30. The molecule has 1 rings (SSSR count). The maximum absolute atomic E-state index is 5.29. The molecule has 0 aromatic carbocycles. The van der Waals surface area contributed by atoms with Crippen LogP contribution >= 0.6 is 0 Å². The summed E-state index contributed by atoms with van der Waals surface area (Å²) in [6.07, 6.45) is 2.54. The van der Waals surface area contributed by atoms with Crippen molar-refractivity contribution in [3.05, 3.63) is 0 Å². The molecule has 1 fully saturated rings. The Morgan fingerprint density at radius 1 is 1.47 bits per heavy atom. The Hall–Kier alpha value is -0.120. The number of hydrogen-bond donors (Lipinski definition) is 1. The lowest BCUT2D eigenvalue weighted by molar-refractivity contribution is 0.0152. The van der Waals surface area contributed by atoms with Gasteiger partial charge in [-0.25, -0.2) is 0 Å². The molecule has 1 aliphatic rings. The van der Waals surface area contributed by atoms with E-state index >= 15 is 0 Å². The summed E-state index contributed by atoms with van der Waals surface area (Å²) in [5, 5.41) is 3.58. The van der Waals surface area contributed by atoms with Crippen molar-refractivity contribution in [3.63, 3.8) is 0 Å². The Morgan fingerprint density at radius 3 is 2.80 bits per heavy atom. The summed E-state index contributed by atoms with van der Waals surface area (Å²) >= 11 is 0. The molecule has 3 heteroatoms. The number of hydrogen-bond acceptors (Lipinski definition) is 3. The highest BCUT2D eigenvalue weighted by atomic mass is 16.5. The van der Waals surface area contributed by atoms with Crippen molar-refractivity contribution in [1.82, 2.24) is 10.2 Å². The molecule has 1 N–H and O–H groups in total. The Bertz CT molecular complexity index is 180. The number of rotatable bonds is 5. The van der Waals surface area contributed by atoms with E-state index in [-0.39, 0.29) is 5.54 Å². The number of nitrogens with zero attached hydrogens (tertiary/aromatic N) is 1. The SMILES string of the molecule is CCCC1CN(C(C)(C)COC)CCN1. The molecule has 1 atom stereocenters. The van der Waals surface area contributed by atoms with E-state index in [0.29, 0.717) is 6.04 Å². The molecule has 1 unspecified atom stereocenters. The number of nitrogens with one attached hydrogen (secondary N) is 1. The van der Waals surface area contributed by atoms with Gasteiger partial charge in [-0.2, -0.15) is 0 Å². The summed E-state index contributed by atoms with van der Waals surface area (Å²) in [7, 11) is 1.79. The zero-order valence-corrected chi connectivity index (χ0v) is 10.7. The molecule has 0 bridgehead atoms. The average molecular weight is 214 g/mol. The molecular formula is C12H26N2O. The first kappa shape index (κ1) is 12.9. The van der Waals surface area contributed by atoms with Crippen LogP contribution in [0.1, 0.15) is 33.6 Å². The Balaban J connectivity index is 2.47. The molecule has 1 heterocycles. The van der Waals surface area contributed by atoms with E-state index in [4.69, 9.17) is 4.74 Å². The van der Waals surface area contributed by atoms with Gasteiger partial charge in [0.2, 0.25) is 0 Å². The van der Waals surface area contributed by atoms with Crippen molar-refractivity contribution >= 4 is 0 Å². The van der Waals surface area contributed by atoms with Crippen LogP contribution in [0.2, 0.25) is 0 Å². The minimum Gasteiger partial charge on any atom is -0.383 e. The second-order valence-electron chi connectivity index (χ2n) is 5.13. The highest BCUT2D eigenvalue weighted by molar-refractivity contribution is 4.88. The first-order valence-corrected chi connectivity index (χ1v) is 6.07. The molecule has 0 saturated carbocycles. The second-order valence-corrected chi connectivity index (χ2v) is 5.13. The van der Waals surface area contributed by atoms with E-state index in [9.17, 15) is 0 Å². The second kappa shape index (κ2) is 5.83. The molecular weight excluding hydrogens is 188 g/mol. The van der Waals surface area contributed by atoms with Crippen LogP contribution in [0.15, 0.2) is 0 Å². The fourth-order valence-electron chi connectivity index (χ4n) is 2.36. The van der Waals surface area contributed by atoms with Crippen LogP contribution in [0, 0.1) is 0 Å². The molecule has 0 aromatic rings. The summed E-state index contributed by atoms with van der Waals surface area (Å²) in [5.74, 6) is 0. The molecule has 0 radical (unpaired) electrons. The third kappa shape index (κ3) is 3.74. The standard InChI is InChI=1S/C12H26N2O/c1-5-6-11-9-14(8-7-13-11)12(2,3)10-15-4/h11,13H,5-10H2,1-4H3. The van der Waals surface area contributed by atoms with Crippen molar-refractivity contribution in [1.29, 1.82) is 0 Å². The lowest BCUT2D eigenvalue weighted by atomic mass is 10.00. The Morgan fingerprint density at radius 2 is 2.20 bits per heavy atom. The molecule has 0 spiro atoms. The smallest absolute Gasteiger partial charge is 0.0641 e.